The van der Waals surface area contributed by atoms with Crippen molar-refractivity contribution in [3.8, 4) is 0 Å². The van der Waals surface area contributed by atoms with Gasteiger partial charge in [-0.2, -0.15) is 0 Å². The van der Waals surface area contributed by atoms with Gasteiger partial charge in [0.25, 0.3) is 0 Å². The summed E-state index contributed by atoms with van der Waals surface area (Å²) in [6, 6.07) is 7.00. The van der Waals surface area contributed by atoms with E-state index in [1.807, 2.05) is 6.92 Å². The standard InChI is InChI=1S/C17H24N2O3/c1-2-22-17(21)14-4-3-10-19(12-14)11-9-16(20)13-5-7-15(18)8-6-13/h5-8,14H,2-4,9-12,18H2,1H3. The summed E-state index contributed by atoms with van der Waals surface area (Å²) < 4.78 is 5.09. The predicted octanol–water partition coefficient (Wildman–Crippen LogP) is 2.12. The third-order valence-electron chi connectivity index (χ3n) is 4.01. The molecule has 0 aliphatic carbocycles. The minimum Gasteiger partial charge on any atom is -0.466 e. The highest BCUT2D eigenvalue weighted by molar-refractivity contribution is 5.96. The zero-order valence-corrected chi connectivity index (χ0v) is 13.1. The van der Waals surface area contributed by atoms with Crippen molar-refractivity contribution in [3.63, 3.8) is 0 Å². The molecule has 1 fully saturated rings. The fourth-order valence-electron chi connectivity index (χ4n) is 2.78. The number of hydrogen-bond acceptors (Lipinski definition) is 5. The minimum atomic E-state index is -0.114. The van der Waals surface area contributed by atoms with Crippen molar-refractivity contribution in [1.29, 1.82) is 0 Å². The highest BCUT2D eigenvalue weighted by Gasteiger charge is 2.26. The monoisotopic (exact) mass is 304 g/mol. The Bertz CT molecular complexity index is 513. The molecular weight excluding hydrogens is 280 g/mol. The van der Waals surface area contributed by atoms with Gasteiger partial charge < -0.3 is 15.4 Å². The Kier molecular flexibility index (Phi) is 5.95. The molecule has 0 radical (unpaired) electrons. The Balaban J connectivity index is 1.82. The van der Waals surface area contributed by atoms with Gasteiger partial charge in [0.05, 0.1) is 12.5 Å². The Morgan fingerprint density at radius 1 is 1.32 bits per heavy atom. The molecule has 1 atom stereocenters. The lowest BCUT2D eigenvalue weighted by Gasteiger charge is -2.31. The number of nitrogens with zero attached hydrogens (tertiary/aromatic N) is 1. The van der Waals surface area contributed by atoms with Gasteiger partial charge in [0.1, 0.15) is 0 Å². The number of nitrogen functional groups attached to an aromatic ring is 1. The van der Waals surface area contributed by atoms with Gasteiger partial charge in [0.15, 0.2) is 5.78 Å². The van der Waals surface area contributed by atoms with Crippen molar-refractivity contribution >= 4 is 17.4 Å². The van der Waals surface area contributed by atoms with Gasteiger partial charge >= 0.3 is 5.97 Å². The molecule has 0 spiro atoms. The number of ketones is 1. The van der Waals surface area contributed by atoms with Crippen LogP contribution in [0.5, 0.6) is 0 Å². The second-order valence-electron chi connectivity index (χ2n) is 5.69. The summed E-state index contributed by atoms with van der Waals surface area (Å²) in [7, 11) is 0. The minimum absolute atomic E-state index is 0.0553. The maximum absolute atomic E-state index is 12.2. The van der Waals surface area contributed by atoms with Crippen LogP contribution in [0, 0.1) is 5.92 Å². The van der Waals surface area contributed by atoms with E-state index >= 15 is 0 Å². The first-order valence-electron chi connectivity index (χ1n) is 7.88. The van der Waals surface area contributed by atoms with Crippen LogP contribution in [0.25, 0.3) is 0 Å². The topological polar surface area (TPSA) is 72.6 Å². The lowest BCUT2D eigenvalue weighted by Crippen LogP contribution is -2.40. The van der Waals surface area contributed by atoms with E-state index in [1.165, 1.54) is 0 Å². The summed E-state index contributed by atoms with van der Waals surface area (Å²) in [6.45, 7) is 4.55. The number of benzene rings is 1. The maximum atomic E-state index is 12.2. The van der Waals surface area contributed by atoms with Crippen molar-refractivity contribution < 1.29 is 14.3 Å². The van der Waals surface area contributed by atoms with Crippen molar-refractivity contribution in [1.82, 2.24) is 4.90 Å². The molecular formula is C17H24N2O3. The van der Waals surface area contributed by atoms with Crippen LogP contribution < -0.4 is 5.73 Å². The SMILES string of the molecule is CCOC(=O)C1CCCN(CCC(=O)c2ccc(N)cc2)C1. The summed E-state index contributed by atoms with van der Waals surface area (Å²) in [4.78, 5) is 26.1. The van der Waals surface area contributed by atoms with E-state index in [9.17, 15) is 9.59 Å². The molecule has 1 aliphatic rings. The molecule has 1 aromatic carbocycles. The Morgan fingerprint density at radius 3 is 2.73 bits per heavy atom. The molecule has 5 nitrogen and oxygen atoms in total. The molecule has 5 heteroatoms. The van der Waals surface area contributed by atoms with E-state index in [0.29, 0.717) is 37.4 Å². The molecule has 0 saturated carbocycles. The van der Waals surface area contributed by atoms with E-state index in [0.717, 1.165) is 19.4 Å². The van der Waals surface area contributed by atoms with Gasteiger partial charge in [-0.25, -0.2) is 0 Å². The number of anilines is 1. The number of Topliss-reactive ketones (excluding diaryl/α,β-unsaturated/α-hetero) is 1. The quantitative estimate of drug-likeness (QED) is 0.495. The molecule has 2 N–H and O–H groups in total. The largest absolute Gasteiger partial charge is 0.466 e. The van der Waals surface area contributed by atoms with Crippen LogP contribution in [0.3, 0.4) is 0 Å². The number of carbonyl (C=O) groups is 2. The Labute approximate surface area is 131 Å². The molecule has 1 aromatic rings. The molecule has 1 heterocycles. The summed E-state index contributed by atoms with van der Waals surface area (Å²) in [5.41, 5.74) is 6.97. The van der Waals surface area contributed by atoms with Gasteiger partial charge in [0, 0.05) is 30.8 Å². The number of carbonyl (C=O) groups excluding carboxylic acids is 2. The predicted molar refractivity (Wildman–Crippen MR) is 85.6 cm³/mol. The lowest BCUT2D eigenvalue weighted by atomic mass is 9.97. The first kappa shape index (κ1) is 16.5. The fourth-order valence-corrected chi connectivity index (χ4v) is 2.78. The van der Waals surface area contributed by atoms with E-state index in [4.69, 9.17) is 10.5 Å². The molecule has 0 aromatic heterocycles. The molecule has 1 aliphatic heterocycles. The van der Waals surface area contributed by atoms with E-state index in [2.05, 4.69) is 4.90 Å². The van der Waals surface area contributed by atoms with Crippen LogP contribution in [0.15, 0.2) is 24.3 Å². The summed E-state index contributed by atoms with van der Waals surface area (Å²) in [5, 5.41) is 0. The molecule has 0 amide bonds. The molecule has 1 saturated heterocycles. The lowest BCUT2D eigenvalue weighted by molar-refractivity contribution is -0.149. The van der Waals surface area contributed by atoms with Gasteiger partial charge in [-0.15, -0.1) is 0 Å². The number of ether oxygens (including phenoxy) is 1. The van der Waals surface area contributed by atoms with Crippen molar-refractivity contribution in [2.75, 3.05) is 32.0 Å². The summed E-state index contributed by atoms with van der Waals surface area (Å²) in [5.74, 6) is -0.0596. The first-order valence-corrected chi connectivity index (χ1v) is 7.88. The average molecular weight is 304 g/mol. The van der Waals surface area contributed by atoms with Crippen molar-refractivity contribution in [2.24, 2.45) is 5.92 Å². The average Bonchev–Trinajstić information content (AvgIpc) is 2.54. The van der Waals surface area contributed by atoms with Crippen LogP contribution in [-0.4, -0.2) is 42.9 Å². The third kappa shape index (κ3) is 4.56. The molecule has 2 rings (SSSR count). The number of hydrogen-bond donors (Lipinski definition) is 1. The molecule has 120 valence electrons. The van der Waals surface area contributed by atoms with Gasteiger partial charge in [0.2, 0.25) is 0 Å². The Morgan fingerprint density at radius 2 is 2.05 bits per heavy atom. The number of nitrogens with two attached hydrogens (primary N) is 1. The van der Waals surface area contributed by atoms with E-state index < -0.39 is 0 Å². The van der Waals surface area contributed by atoms with Crippen LogP contribution >= 0.6 is 0 Å². The fraction of sp³-hybridized carbons (Fsp3) is 0.529. The van der Waals surface area contributed by atoms with Gasteiger partial charge in [-0.1, -0.05) is 0 Å². The summed E-state index contributed by atoms with van der Waals surface area (Å²) in [6.07, 6.45) is 2.31. The highest BCUT2D eigenvalue weighted by Crippen LogP contribution is 2.18. The van der Waals surface area contributed by atoms with Crippen molar-refractivity contribution in [2.45, 2.75) is 26.2 Å². The van der Waals surface area contributed by atoms with Crippen LogP contribution in [0.2, 0.25) is 0 Å². The third-order valence-corrected chi connectivity index (χ3v) is 4.01. The maximum Gasteiger partial charge on any atom is 0.310 e. The molecule has 22 heavy (non-hydrogen) atoms. The number of esters is 1. The number of rotatable bonds is 6. The summed E-state index contributed by atoms with van der Waals surface area (Å²) >= 11 is 0. The second kappa shape index (κ2) is 7.94. The molecule has 0 bridgehead atoms. The highest BCUT2D eigenvalue weighted by atomic mass is 16.5. The number of piperidine rings is 1. The van der Waals surface area contributed by atoms with Crippen LogP contribution in [0.1, 0.15) is 36.5 Å². The van der Waals surface area contributed by atoms with Crippen LogP contribution in [0.4, 0.5) is 5.69 Å². The van der Waals surface area contributed by atoms with Crippen LogP contribution in [-0.2, 0) is 9.53 Å². The van der Waals surface area contributed by atoms with Gasteiger partial charge in [-0.3, -0.25) is 9.59 Å². The number of likely N-dealkylation sites (tertiary alicyclic amines) is 1. The van der Waals surface area contributed by atoms with E-state index in [-0.39, 0.29) is 17.7 Å². The Hall–Kier alpha value is -1.88. The normalized spacial score (nSPS) is 18.9. The van der Waals surface area contributed by atoms with E-state index in [1.54, 1.807) is 24.3 Å². The second-order valence-corrected chi connectivity index (χ2v) is 5.69. The molecule has 1 unspecified atom stereocenters. The van der Waals surface area contributed by atoms with Gasteiger partial charge in [-0.05, 0) is 50.6 Å². The zero-order valence-electron chi connectivity index (χ0n) is 13.1. The van der Waals surface area contributed by atoms with Crippen molar-refractivity contribution in [3.05, 3.63) is 29.8 Å². The first-order chi connectivity index (χ1) is 10.6. The zero-order chi connectivity index (χ0) is 15.9. The smallest absolute Gasteiger partial charge is 0.310 e.